The van der Waals surface area contributed by atoms with Crippen molar-refractivity contribution in [3.63, 3.8) is 0 Å². The summed E-state index contributed by atoms with van der Waals surface area (Å²) in [7, 11) is 1.61. The first-order valence-corrected chi connectivity index (χ1v) is 4.92. The van der Waals surface area contributed by atoms with Crippen LogP contribution in [0.4, 0.5) is 0 Å². The highest BCUT2D eigenvalue weighted by molar-refractivity contribution is 7.98. The third kappa shape index (κ3) is 5.01. The summed E-state index contributed by atoms with van der Waals surface area (Å²) in [6.45, 7) is 0.604. The van der Waals surface area contributed by atoms with Gasteiger partial charge in [0, 0.05) is 19.3 Å². The van der Waals surface area contributed by atoms with Crippen LogP contribution in [0.2, 0.25) is 0 Å². The Hall–Kier alpha value is -0.710. The minimum atomic E-state index is -1.07. The first-order valence-electron chi connectivity index (χ1n) is 3.52. The fourth-order valence-electron chi connectivity index (χ4n) is 0.617. The van der Waals surface area contributed by atoms with Crippen molar-refractivity contribution in [2.45, 2.75) is 6.42 Å². The molecule has 12 heavy (non-hydrogen) atoms. The molecule has 5 heteroatoms. The molecule has 1 N–H and O–H groups in total. The van der Waals surface area contributed by atoms with Crippen LogP contribution >= 0.6 is 11.8 Å². The number of nitrogens with zero attached hydrogens (tertiary/aromatic N) is 1. The number of rotatable bonds is 5. The second kappa shape index (κ2) is 5.88. The van der Waals surface area contributed by atoms with Crippen LogP contribution in [-0.2, 0) is 9.59 Å². The van der Waals surface area contributed by atoms with Gasteiger partial charge < -0.3 is 10.0 Å². The van der Waals surface area contributed by atoms with Crippen LogP contribution in [0.5, 0.6) is 0 Å². The summed E-state index contributed by atoms with van der Waals surface area (Å²) in [5, 5.41) is 8.31. The van der Waals surface area contributed by atoms with Gasteiger partial charge in [-0.25, -0.2) is 0 Å². The van der Waals surface area contributed by atoms with Crippen LogP contribution in [0.1, 0.15) is 6.42 Å². The van der Waals surface area contributed by atoms with Gasteiger partial charge in [-0.2, -0.15) is 11.8 Å². The third-order valence-electron chi connectivity index (χ3n) is 1.36. The Bertz CT molecular complexity index is 172. The van der Waals surface area contributed by atoms with Gasteiger partial charge in [0.25, 0.3) is 0 Å². The molecule has 0 saturated carbocycles. The topological polar surface area (TPSA) is 57.6 Å². The molecular formula is C7H13NO3S. The Morgan fingerprint density at radius 3 is 2.50 bits per heavy atom. The summed E-state index contributed by atoms with van der Waals surface area (Å²) in [6.07, 6.45) is 1.53. The minimum absolute atomic E-state index is 0.337. The summed E-state index contributed by atoms with van der Waals surface area (Å²) in [5.74, 6) is -0.574. The number of carbonyl (C=O) groups is 2. The largest absolute Gasteiger partial charge is 0.481 e. The summed E-state index contributed by atoms with van der Waals surface area (Å²) in [4.78, 5) is 22.6. The van der Waals surface area contributed by atoms with Crippen LogP contribution in [0.15, 0.2) is 0 Å². The van der Waals surface area contributed by atoms with Crippen LogP contribution in [-0.4, -0.2) is 47.5 Å². The van der Waals surface area contributed by atoms with Gasteiger partial charge >= 0.3 is 5.97 Å². The van der Waals surface area contributed by atoms with Crippen molar-refractivity contribution in [1.82, 2.24) is 4.90 Å². The molecule has 0 atom stereocenters. The predicted octanol–water partition coefficient (Wildman–Crippen LogP) is 0.283. The van der Waals surface area contributed by atoms with Crippen LogP contribution in [0.25, 0.3) is 0 Å². The molecule has 0 radical (unpaired) electrons. The average molecular weight is 191 g/mol. The number of hydrogen-bond acceptors (Lipinski definition) is 3. The second-order valence-electron chi connectivity index (χ2n) is 2.38. The zero-order valence-corrected chi connectivity index (χ0v) is 8.06. The fourth-order valence-corrected chi connectivity index (χ4v) is 1.07. The lowest BCUT2D eigenvalue weighted by atomic mass is 10.4. The van der Waals surface area contributed by atoms with Gasteiger partial charge in [0.15, 0.2) is 0 Å². The average Bonchev–Trinajstić information content (AvgIpc) is 1.98. The van der Waals surface area contributed by atoms with Crippen molar-refractivity contribution < 1.29 is 14.7 Å². The molecule has 0 aliphatic heterocycles. The zero-order chi connectivity index (χ0) is 9.56. The van der Waals surface area contributed by atoms with E-state index in [1.54, 1.807) is 18.8 Å². The number of carboxylic acid groups (broad SMARTS) is 1. The summed E-state index contributed by atoms with van der Waals surface area (Å²) >= 11 is 1.62. The lowest BCUT2D eigenvalue weighted by Crippen LogP contribution is -2.30. The van der Waals surface area contributed by atoms with Gasteiger partial charge in [-0.3, -0.25) is 9.59 Å². The smallest absolute Gasteiger partial charge is 0.312 e. The Balaban J connectivity index is 3.69. The number of thioether (sulfide) groups is 1. The van der Waals surface area contributed by atoms with Crippen molar-refractivity contribution in [3.05, 3.63) is 0 Å². The quantitative estimate of drug-likeness (QED) is 0.634. The van der Waals surface area contributed by atoms with Gasteiger partial charge in [-0.05, 0) is 6.26 Å². The van der Waals surface area contributed by atoms with Crippen LogP contribution < -0.4 is 0 Å². The van der Waals surface area contributed by atoms with Crippen molar-refractivity contribution >= 4 is 23.6 Å². The van der Waals surface area contributed by atoms with E-state index in [1.165, 1.54) is 4.90 Å². The molecule has 0 aromatic heterocycles. The Kier molecular flexibility index (Phi) is 5.53. The minimum Gasteiger partial charge on any atom is -0.481 e. The molecular weight excluding hydrogens is 178 g/mol. The number of carboxylic acids is 1. The standard InChI is InChI=1S/C7H13NO3S/c1-8(3-4-12-2)6(9)5-7(10)11/h3-5H2,1-2H3,(H,10,11). The molecule has 0 fully saturated rings. The SMILES string of the molecule is CSCCN(C)C(=O)CC(=O)O. The highest BCUT2D eigenvalue weighted by Gasteiger charge is 2.11. The fraction of sp³-hybridized carbons (Fsp3) is 0.714. The summed E-state index contributed by atoms with van der Waals surface area (Å²) in [6, 6.07) is 0. The molecule has 0 saturated heterocycles. The molecule has 4 nitrogen and oxygen atoms in total. The molecule has 0 bridgehead atoms. The molecule has 0 rings (SSSR count). The van der Waals surface area contributed by atoms with E-state index in [2.05, 4.69) is 0 Å². The van der Waals surface area contributed by atoms with E-state index in [9.17, 15) is 9.59 Å². The second-order valence-corrected chi connectivity index (χ2v) is 3.36. The van der Waals surface area contributed by atoms with Gasteiger partial charge in [0.2, 0.25) is 5.91 Å². The summed E-state index contributed by atoms with van der Waals surface area (Å²) in [5.41, 5.74) is 0. The van der Waals surface area contributed by atoms with Gasteiger partial charge in [-0.1, -0.05) is 0 Å². The van der Waals surface area contributed by atoms with Crippen LogP contribution in [0.3, 0.4) is 0 Å². The number of amides is 1. The molecule has 0 aliphatic carbocycles. The van der Waals surface area contributed by atoms with Gasteiger partial charge in [0.05, 0.1) is 0 Å². The van der Waals surface area contributed by atoms with Crippen molar-refractivity contribution in [1.29, 1.82) is 0 Å². The van der Waals surface area contributed by atoms with E-state index in [0.29, 0.717) is 6.54 Å². The molecule has 0 spiro atoms. The lowest BCUT2D eigenvalue weighted by Gasteiger charge is -2.14. The van der Waals surface area contributed by atoms with Crippen molar-refractivity contribution in [2.24, 2.45) is 0 Å². The summed E-state index contributed by atoms with van der Waals surface area (Å²) < 4.78 is 0. The van der Waals surface area contributed by atoms with E-state index in [-0.39, 0.29) is 5.91 Å². The maximum atomic E-state index is 11.0. The Labute approximate surface area is 75.9 Å². The van der Waals surface area contributed by atoms with Crippen molar-refractivity contribution in [2.75, 3.05) is 25.6 Å². The molecule has 0 unspecified atom stereocenters. The first kappa shape index (κ1) is 11.3. The number of hydrogen-bond donors (Lipinski definition) is 1. The normalized spacial score (nSPS) is 9.50. The van der Waals surface area contributed by atoms with Crippen molar-refractivity contribution in [3.8, 4) is 0 Å². The maximum Gasteiger partial charge on any atom is 0.312 e. The predicted molar refractivity (Wildman–Crippen MR) is 48.3 cm³/mol. The zero-order valence-electron chi connectivity index (χ0n) is 7.24. The third-order valence-corrected chi connectivity index (χ3v) is 1.95. The maximum absolute atomic E-state index is 11.0. The number of aliphatic carboxylic acids is 1. The Morgan fingerprint density at radius 1 is 1.50 bits per heavy atom. The molecule has 0 aliphatic rings. The Morgan fingerprint density at radius 2 is 2.08 bits per heavy atom. The van der Waals surface area contributed by atoms with E-state index >= 15 is 0 Å². The molecule has 0 heterocycles. The van der Waals surface area contributed by atoms with E-state index in [1.807, 2.05) is 6.26 Å². The lowest BCUT2D eigenvalue weighted by molar-refractivity contribution is -0.143. The highest BCUT2D eigenvalue weighted by atomic mass is 32.2. The van der Waals surface area contributed by atoms with E-state index < -0.39 is 12.4 Å². The highest BCUT2D eigenvalue weighted by Crippen LogP contribution is 1.95. The first-order chi connectivity index (χ1) is 5.57. The van der Waals surface area contributed by atoms with Gasteiger partial charge in [-0.15, -0.1) is 0 Å². The molecule has 0 aromatic carbocycles. The van der Waals surface area contributed by atoms with E-state index in [0.717, 1.165) is 5.75 Å². The van der Waals surface area contributed by atoms with Crippen LogP contribution in [0, 0.1) is 0 Å². The van der Waals surface area contributed by atoms with Gasteiger partial charge in [0.1, 0.15) is 6.42 Å². The number of carbonyl (C=O) groups excluding carboxylic acids is 1. The monoisotopic (exact) mass is 191 g/mol. The molecule has 1 amide bonds. The van der Waals surface area contributed by atoms with E-state index in [4.69, 9.17) is 5.11 Å². The molecule has 0 aromatic rings. The molecule has 70 valence electrons.